The van der Waals surface area contributed by atoms with E-state index in [1.807, 2.05) is 31.3 Å². The maximum absolute atomic E-state index is 12.3. The summed E-state index contributed by atoms with van der Waals surface area (Å²) >= 11 is 3.39. The summed E-state index contributed by atoms with van der Waals surface area (Å²) in [7, 11) is 0. The van der Waals surface area contributed by atoms with Crippen LogP contribution in [0.4, 0.5) is 0 Å². The lowest BCUT2D eigenvalue weighted by atomic mass is 10.2. The molecule has 3 heterocycles. The van der Waals surface area contributed by atoms with Crippen LogP contribution in [0.15, 0.2) is 29.6 Å². The number of thiazole rings is 1. The van der Waals surface area contributed by atoms with Gasteiger partial charge in [-0.2, -0.15) is 0 Å². The lowest BCUT2D eigenvalue weighted by Crippen LogP contribution is -2.22. The van der Waals surface area contributed by atoms with E-state index in [-0.39, 0.29) is 5.91 Å². The van der Waals surface area contributed by atoms with Crippen molar-refractivity contribution >= 4 is 39.2 Å². The fraction of sp³-hybridized carbons (Fsp3) is 0.267. The molecule has 2 aromatic heterocycles. The first-order valence-electron chi connectivity index (χ1n) is 7.03. The molecule has 0 atom stereocenters. The minimum Gasteiger partial charge on any atom is -0.346 e. The Morgan fingerprint density at radius 2 is 2.32 bits per heavy atom. The van der Waals surface area contributed by atoms with Crippen LogP contribution in [0.5, 0.6) is 0 Å². The molecular weight excluding hydrogens is 316 g/mol. The Morgan fingerprint density at radius 3 is 3.18 bits per heavy atom. The highest BCUT2D eigenvalue weighted by Crippen LogP contribution is 2.25. The van der Waals surface area contributed by atoms with Gasteiger partial charge in [-0.3, -0.25) is 4.79 Å². The highest BCUT2D eigenvalue weighted by molar-refractivity contribution is 7.99. The zero-order valence-electron chi connectivity index (χ0n) is 12.0. The SMILES string of the molecule is Cc1nc2cc(C(=O)NCc3cn4c(n3)SCC4)ccc2s1. The first kappa shape index (κ1) is 13.8. The van der Waals surface area contributed by atoms with Crippen molar-refractivity contribution in [1.82, 2.24) is 19.9 Å². The van der Waals surface area contributed by atoms with Gasteiger partial charge in [-0.15, -0.1) is 11.3 Å². The third-order valence-corrected chi connectivity index (χ3v) is 5.46. The Kier molecular flexibility index (Phi) is 3.38. The number of hydrogen-bond acceptors (Lipinski definition) is 5. The molecule has 0 saturated carbocycles. The van der Waals surface area contributed by atoms with Crippen LogP contribution in [-0.2, 0) is 13.1 Å². The number of nitrogens with zero attached hydrogens (tertiary/aromatic N) is 3. The molecule has 1 aliphatic heterocycles. The van der Waals surface area contributed by atoms with Crippen LogP contribution in [0.2, 0.25) is 0 Å². The second-order valence-corrected chi connectivity index (χ2v) is 7.45. The highest BCUT2D eigenvalue weighted by atomic mass is 32.2. The number of aryl methyl sites for hydroxylation is 2. The highest BCUT2D eigenvalue weighted by Gasteiger charge is 2.15. The Bertz CT molecular complexity index is 846. The molecule has 112 valence electrons. The number of carbonyl (C=O) groups excluding carboxylic acids is 1. The van der Waals surface area contributed by atoms with Crippen molar-refractivity contribution in [2.75, 3.05) is 5.75 Å². The number of fused-ring (bicyclic) bond motifs is 2. The summed E-state index contributed by atoms with van der Waals surface area (Å²) in [4.78, 5) is 21.2. The number of amides is 1. The molecule has 0 radical (unpaired) electrons. The summed E-state index contributed by atoms with van der Waals surface area (Å²) in [5.41, 5.74) is 2.42. The van der Waals surface area contributed by atoms with Crippen LogP contribution in [0.25, 0.3) is 10.2 Å². The van der Waals surface area contributed by atoms with E-state index in [4.69, 9.17) is 0 Å². The lowest BCUT2D eigenvalue weighted by molar-refractivity contribution is 0.0950. The van der Waals surface area contributed by atoms with Crippen molar-refractivity contribution in [3.8, 4) is 0 Å². The molecule has 1 aliphatic rings. The number of aromatic nitrogens is 3. The predicted molar refractivity (Wildman–Crippen MR) is 88.5 cm³/mol. The van der Waals surface area contributed by atoms with E-state index >= 15 is 0 Å². The van der Waals surface area contributed by atoms with Gasteiger partial charge in [-0.05, 0) is 25.1 Å². The van der Waals surface area contributed by atoms with E-state index in [2.05, 4.69) is 19.9 Å². The van der Waals surface area contributed by atoms with Crippen LogP contribution < -0.4 is 5.32 Å². The molecule has 0 spiro atoms. The lowest BCUT2D eigenvalue weighted by Gasteiger charge is -2.03. The number of thioether (sulfide) groups is 1. The number of rotatable bonds is 3. The second-order valence-electron chi connectivity index (χ2n) is 5.15. The third kappa shape index (κ3) is 2.50. The Hall–Kier alpha value is -1.86. The molecule has 22 heavy (non-hydrogen) atoms. The van der Waals surface area contributed by atoms with Crippen LogP contribution in [0, 0.1) is 6.92 Å². The summed E-state index contributed by atoms with van der Waals surface area (Å²) in [6.45, 7) is 3.43. The van der Waals surface area contributed by atoms with Gasteiger partial charge in [-0.25, -0.2) is 9.97 Å². The van der Waals surface area contributed by atoms with Crippen molar-refractivity contribution in [3.63, 3.8) is 0 Å². The number of carbonyl (C=O) groups is 1. The molecule has 4 rings (SSSR count). The molecule has 0 aliphatic carbocycles. The number of hydrogen-bond donors (Lipinski definition) is 1. The van der Waals surface area contributed by atoms with Crippen molar-refractivity contribution in [1.29, 1.82) is 0 Å². The zero-order valence-corrected chi connectivity index (χ0v) is 13.6. The molecular formula is C15H14N4OS2. The van der Waals surface area contributed by atoms with Gasteiger partial charge < -0.3 is 9.88 Å². The number of imidazole rings is 1. The van der Waals surface area contributed by atoms with Crippen LogP contribution in [-0.4, -0.2) is 26.2 Å². The fourth-order valence-electron chi connectivity index (χ4n) is 2.50. The van der Waals surface area contributed by atoms with Gasteiger partial charge >= 0.3 is 0 Å². The van der Waals surface area contributed by atoms with Gasteiger partial charge in [0.2, 0.25) is 0 Å². The van der Waals surface area contributed by atoms with Crippen LogP contribution in [0.1, 0.15) is 21.1 Å². The van der Waals surface area contributed by atoms with E-state index in [9.17, 15) is 4.79 Å². The monoisotopic (exact) mass is 330 g/mol. The molecule has 0 bridgehead atoms. The van der Waals surface area contributed by atoms with E-state index in [1.54, 1.807) is 23.1 Å². The topological polar surface area (TPSA) is 59.8 Å². The summed E-state index contributed by atoms with van der Waals surface area (Å²) in [5.74, 6) is 0.996. The standard InChI is InChI=1S/C15H14N4OS2/c1-9-17-12-6-10(2-3-13(12)22-9)14(20)16-7-11-8-19-4-5-21-15(19)18-11/h2-3,6,8H,4-5,7H2,1H3,(H,16,20). The summed E-state index contributed by atoms with van der Waals surface area (Å²) in [5, 5.41) is 4.98. The Labute approximate surface area is 135 Å². The zero-order chi connectivity index (χ0) is 15.1. The largest absolute Gasteiger partial charge is 0.346 e. The van der Waals surface area contributed by atoms with Crippen molar-refractivity contribution < 1.29 is 4.79 Å². The number of nitrogens with one attached hydrogen (secondary N) is 1. The average Bonchev–Trinajstić information content (AvgIpc) is 3.16. The van der Waals surface area contributed by atoms with Crippen molar-refractivity contribution in [3.05, 3.63) is 40.7 Å². The normalized spacial score (nSPS) is 13.5. The fourth-order valence-corrected chi connectivity index (χ4v) is 4.27. The van der Waals surface area contributed by atoms with Crippen molar-refractivity contribution in [2.45, 2.75) is 25.2 Å². The van der Waals surface area contributed by atoms with Gasteiger partial charge in [0.05, 0.1) is 27.5 Å². The molecule has 7 heteroatoms. The van der Waals surface area contributed by atoms with E-state index in [1.165, 1.54) is 0 Å². The molecule has 0 fully saturated rings. The first-order valence-corrected chi connectivity index (χ1v) is 8.83. The summed E-state index contributed by atoms with van der Waals surface area (Å²) in [6.07, 6.45) is 2.02. The van der Waals surface area contributed by atoms with Gasteiger partial charge in [0.15, 0.2) is 5.16 Å². The maximum Gasteiger partial charge on any atom is 0.251 e. The smallest absolute Gasteiger partial charge is 0.251 e. The Morgan fingerprint density at radius 1 is 1.41 bits per heavy atom. The maximum atomic E-state index is 12.3. The summed E-state index contributed by atoms with van der Waals surface area (Å²) < 4.78 is 3.24. The summed E-state index contributed by atoms with van der Waals surface area (Å²) in [6, 6.07) is 5.65. The average molecular weight is 330 g/mol. The Balaban J connectivity index is 1.48. The molecule has 0 saturated heterocycles. The predicted octanol–water partition coefficient (Wildman–Crippen LogP) is 2.84. The van der Waals surface area contributed by atoms with Gasteiger partial charge in [-0.1, -0.05) is 11.8 Å². The molecule has 1 aromatic carbocycles. The van der Waals surface area contributed by atoms with Crippen LogP contribution in [0.3, 0.4) is 0 Å². The van der Waals surface area contributed by atoms with Gasteiger partial charge in [0.25, 0.3) is 5.91 Å². The molecule has 0 unspecified atom stereocenters. The molecule has 1 N–H and O–H groups in total. The van der Waals surface area contributed by atoms with Gasteiger partial charge in [0.1, 0.15) is 0 Å². The van der Waals surface area contributed by atoms with E-state index in [0.29, 0.717) is 12.1 Å². The quantitative estimate of drug-likeness (QED) is 0.802. The molecule has 3 aromatic rings. The van der Waals surface area contributed by atoms with Crippen LogP contribution >= 0.6 is 23.1 Å². The second kappa shape index (κ2) is 5.40. The molecule has 1 amide bonds. The third-order valence-electron chi connectivity index (χ3n) is 3.54. The minimum absolute atomic E-state index is 0.0895. The number of benzene rings is 1. The molecule has 5 nitrogen and oxygen atoms in total. The minimum atomic E-state index is -0.0895. The van der Waals surface area contributed by atoms with E-state index in [0.717, 1.165) is 38.4 Å². The van der Waals surface area contributed by atoms with Crippen molar-refractivity contribution in [2.24, 2.45) is 0 Å². The van der Waals surface area contributed by atoms with Gasteiger partial charge in [0, 0.05) is 24.1 Å². The van der Waals surface area contributed by atoms with E-state index < -0.39 is 0 Å². The first-order chi connectivity index (χ1) is 10.7.